The largest absolute Gasteiger partial charge is 0.489 e. The van der Waals surface area contributed by atoms with Crippen LogP contribution in [0, 0.1) is 0 Å². The van der Waals surface area contributed by atoms with Crippen molar-refractivity contribution in [3.63, 3.8) is 0 Å². The van der Waals surface area contributed by atoms with Crippen molar-refractivity contribution in [2.45, 2.75) is 13.0 Å². The standard InChI is InChI=1S/C29H26O2/c30-21-20-28(24-12-6-2-7-13-24)29(25-14-8-3-9-15-25)26-16-18-27(19-17-26)31-22-23-10-4-1-5-11-23/h1-19,30H,20-22H2/b29-28+. The van der Waals surface area contributed by atoms with Crippen LogP contribution in [0.3, 0.4) is 0 Å². The Bertz CT molecular complexity index is 1100. The van der Waals surface area contributed by atoms with Gasteiger partial charge in [0.25, 0.3) is 0 Å². The van der Waals surface area contributed by atoms with Crippen molar-refractivity contribution < 1.29 is 9.84 Å². The van der Waals surface area contributed by atoms with E-state index in [9.17, 15) is 5.11 Å². The Labute approximate surface area is 184 Å². The van der Waals surface area contributed by atoms with Crippen LogP contribution in [0.4, 0.5) is 0 Å². The first-order chi connectivity index (χ1) is 15.3. The van der Waals surface area contributed by atoms with E-state index in [-0.39, 0.29) is 6.61 Å². The van der Waals surface area contributed by atoms with E-state index < -0.39 is 0 Å². The molecule has 0 spiro atoms. The van der Waals surface area contributed by atoms with Gasteiger partial charge in [-0.3, -0.25) is 0 Å². The molecule has 0 aromatic heterocycles. The highest BCUT2D eigenvalue weighted by Crippen LogP contribution is 2.35. The molecule has 0 fully saturated rings. The number of hydrogen-bond donors (Lipinski definition) is 1. The van der Waals surface area contributed by atoms with Crippen molar-refractivity contribution in [3.05, 3.63) is 138 Å². The van der Waals surface area contributed by atoms with E-state index in [0.717, 1.165) is 39.1 Å². The molecule has 0 saturated carbocycles. The highest BCUT2D eigenvalue weighted by molar-refractivity contribution is 5.98. The van der Waals surface area contributed by atoms with Gasteiger partial charge in [-0.05, 0) is 52.0 Å². The van der Waals surface area contributed by atoms with Gasteiger partial charge in [0.05, 0.1) is 0 Å². The molecule has 0 bridgehead atoms. The monoisotopic (exact) mass is 406 g/mol. The number of hydrogen-bond acceptors (Lipinski definition) is 2. The Morgan fingerprint density at radius 3 is 1.68 bits per heavy atom. The minimum Gasteiger partial charge on any atom is -0.489 e. The summed E-state index contributed by atoms with van der Waals surface area (Å²) < 4.78 is 5.97. The van der Waals surface area contributed by atoms with Crippen molar-refractivity contribution in [2.24, 2.45) is 0 Å². The molecule has 31 heavy (non-hydrogen) atoms. The lowest BCUT2D eigenvalue weighted by Gasteiger charge is -2.17. The van der Waals surface area contributed by atoms with E-state index >= 15 is 0 Å². The number of rotatable bonds is 8. The predicted octanol–water partition coefficient (Wildman–Crippen LogP) is 6.61. The molecule has 2 heteroatoms. The summed E-state index contributed by atoms with van der Waals surface area (Å²) in [6, 6.07) is 39.1. The molecule has 0 aliphatic heterocycles. The number of benzene rings is 4. The highest BCUT2D eigenvalue weighted by atomic mass is 16.5. The zero-order valence-corrected chi connectivity index (χ0v) is 17.4. The van der Waals surface area contributed by atoms with Crippen LogP contribution in [0.1, 0.15) is 28.7 Å². The Kier molecular flexibility index (Phi) is 6.94. The lowest BCUT2D eigenvalue weighted by atomic mass is 9.88. The van der Waals surface area contributed by atoms with Crippen LogP contribution < -0.4 is 4.74 Å². The maximum Gasteiger partial charge on any atom is 0.119 e. The molecule has 1 N–H and O–H groups in total. The quantitative estimate of drug-likeness (QED) is 0.334. The van der Waals surface area contributed by atoms with Crippen LogP contribution in [0.15, 0.2) is 115 Å². The van der Waals surface area contributed by atoms with Crippen molar-refractivity contribution >= 4 is 11.1 Å². The van der Waals surface area contributed by atoms with Crippen molar-refractivity contribution in [1.29, 1.82) is 0 Å². The lowest BCUT2D eigenvalue weighted by molar-refractivity contribution is 0.305. The zero-order valence-electron chi connectivity index (χ0n) is 17.4. The summed E-state index contributed by atoms with van der Waals surface area (Å²) in [4.78, 5) is 0. The lowest BCUT2D eigenvalue weighted by Crippen LogP contribution is -1.99. The Balaban J connectivity index is 1.70. The van der Waals surface area contributed by atoms with Crippen LogP contribution in [-0.4, -0.2) is 11.7 Å². The molecular formula is C29H26O2. The summed E-state index contributed by atoms with van der Waals surface area (Å²) in [5.74, 6) is 0.837. The van der Waals surface area contributed by atoms with Gasteiger partial charge in [0, 0.05) is 6.61 Å². The highest BCUT2D eigenvalue weighted by Gasteiger charge is 2.14. The number of aliphatic hydroxyl groups excluding tert-OH is 1. The van der Waals surface area contributed by atoms with Crippen LogP contribution in [0.25, 0.3) is 11.1 Å². The molecule has 2 nitrogen and oxygen atoms in total. The molecule has 0 aliphatic rings. The second kappa shape index (κ2) is 10.4. The van der Waals surface area contributed by atoms with Gasteiger partial charge in [-0.25, -0.2) is 0 Å². The minimum absolute atomic E-state index is 0.0961. The fourth-order valence-electron chi connectivity index (χ4n) is 3.74. The minimum atomic E-state index is 0.0961. The normalized spacial score (nSPS) is 11.6. The molecule has 0 saturated heterocycles. The summed E-state index contributed by atoms with van der Waals surface area (Å²) in [7, 11) is 0. The van der Waals surface area contributed by atoms with Crippen LogP contribution in [0.2, 0.25) is 0 Å². The zero-order chi connectivity index (χ0) is 21.3. The summed E-state index contributed by atoms with van der Waals surface area (Å²) in [6.07, 6.45) is 0.584. The van der Waals surface area contributed by atoms with Crippen LogP contribution in [0.5, 0.6) is 5.75 Å². The predicted molar refractivity (Wildman–Crippen MR) is 128 cm³/mol. The van der Waals surface area contributed by atoms with Gasteiger partial charge in [-0.1, -0.05) is 103 Å². The van der Waals surface area contributed by atoms with E-state index in [1.54, 1.807) is 0 Å². The molecule has 0 amide bonds. The molecule has 4 aromatic rings. The smallest absolute Gasteiger partial charge is 0.119 e. The maximum absolute atomic E-state index is 9.81. The second-order valence-electron chi connectivity index (χ2n) is 7.36. The molecule has 0 radical (unpaired) electrons. The van der Waals surface area contributed by atoms with E-state index in [1.165, 1.54) is 0 Å². The van der Waals surface area contributed by atoms with Crippen molar-refractivity contribution in [1.82, 2.24) is 0 Å². The van der Waals surface area contributed by atoms with E-state index in [0.29, 0.717) is 13.0 Å². The van der Waals surface area contributed by atoms with Gasteiger partial charge in [0.1, 0.15) is 12.4 Å². The SMILES string of the molecule is OCC/C(=C(/c1ccccc1)c1ccc(OCc2ccccc2)cc1)c1ccccc1. The van der Waals surface area contributed by atoms with Gasteiger partial charge in [0.15, 0.2) is 0 Å². The van der Waals surface area contributed by atoms with E-state index in [1.807, 2.05) is 66.7 Å². The van der Waals surface area contributed by atoms with E-state index in [4.69, 9.17) is 4.74 Å². The number of ether oxygens (including phenoxy) is 1. The summed E-state index contributed by atoms with van der Waals surface area (Å²) in [5, 5.41) is 9.81. The summed E-state index contributed by atoms with van der Waals surface area (Å²) in [6.45, 7) is 0.639. The van der Waals surface area contributed by atoms with Crippen LogP contribution >= 0.6 is 0 Å². The topological polar surface area (TPSA) is 29.5 Å². The van der Waals surface area contributed by atoms with Crippen LogP contribution in [-0.2, 0) is 6.61 Å². The van der Waals surface area contributed by atoms with Gasteiger partial charge in [0.2, 0.25) is 0 Å². The third-order valence-electron chi connectivity index (χ3n) is 5.24. The second-order valence-corrected chi connectivity index (χ2v) is 7.36. The van der Waals surface area contributed by atoms with Gasteiger partial charge in [-0.15, -0.1) is 0 Å². The Morgan fingerprint density at radius 1 is 0.581 bits per heavy atom. The Morgan fingerprint density at radius 2 is 1.10 bits per heavy atom. The van der Waals surface area contributed by atoms with E-state index in [2.05, 4.69) is 48.5 Å². The summed E-state index contributed by atoms with van der Waals surface area (Å²) >= 11 is 0. The fraction of sp³-hybridized carbons (Fsp3) is 0.103. The first-order valence-electron chi connectivity index (χ1n) is 10.6. The van der Waals surface area contributed by atoms with Crippen molar-refractivity contribution in [3.8, 4) is 5.75 Å². The third kappa shape index (κ3) is 5.30. The molecule has 4 rings (SSSR count). The average Bonchev–Trinajstić information content (AvgIpc) is 2.85. The van der Waals surface area contributed by atoms with Gasteiger partial charge in [-0.2, -0.15) is 0 Å². The van der Waals surface area contributed by atoms with Gasteiger partial charge < -0.3 is 9.84 Å². The molecule has 0 unspecified atom stereocenters. The van der Waals surface area contributed by atoms with Gasteiger partial charge >= 0.3 is 0 Å². The average molecular weight is 407 g/mol. The van der Waals surface area contributed by atoms with Crippen molar-refractivity contribution in [2.75, 3.05) is 6.61 Å². The first kappa shape index (κ1) is 20.6. The first-order valence-corrected chi connectivity index (χ1v) is 10.6. The molecular weight excluding hydrogens is 380 g/mol. The molecule has 0 heterocycles. The number of aliphatic hydroxyl groups is 1. The molecule has 154 valence electrons. The maximum atomic E-state index is 9.81. The third-order valence-corrected chi connectivity index (χ3v) is 5.24. The Hall–Kier alpha value is -3.62. The molecule has 0 atom stereocenters. The molecule has 4 aromatic carbocycles. The molecule has 0 aliphatic carbocycles. The summed E-state index contributed by atoms with van der Waals surface area (Å²) in [5.41, 5.74) is 6.77. The fourth-order valence-corrected chi connectivity index (χ4v) is 3.74.